The highest BCUT2D eigenvalue weighted by atomic mass is 16.2. The van der Waals surface area contributed by atoms with Crippen molar-refractivity contribution in [2.75, 3.05) is 26.7 Å². The molecule has 1 aromatic heterocycles. The minimum absolute atomic E-state index is 0.0782. The van der Waals surface area contributed by atoms with Gasteiger partial charge in [0.15, 0.2) is 0 Å². The lowest BCUT2D eigenvalue weighted by molar-refractivity contribution is -0.133. The third-order valence-electron chi connectivity index (χ3n) is 6.69. The van der Waals surface area contributed by atoms with E-state index in [2.05, 4.69) is 24.1 Å². The summed E-state index contributed by atoms with van der Waals surface area (Å²) in [5.41, 5.74) is 4.68. The summed E-state index contributed by atoms with van der Waals surface area (Å²) in [5, 5.41) is 1.19. The Hall–Kier alpha value is -2.40. The van der Waals surface area contributed by atoms with Crippen LogP contribution in [-0.4, -0.2) is 58.9 Å². The van der Waals surface area contributed by atoms with E-state index in [-0.39, 0.29) is 23.8 Å². The van der Waals surface area contributed by atoms with Gasteiger partial charge in [0.05, 0.1) is 11.4 Å². The standard InChI is InChI=1S/C23H27N3O2/c1-3-21(27)26-14-15-12-20-18(17-7-6-8-19(26)22(15)17)11-16(13-24(20)2)23(28)25-9-4-5-10-25/h6-8,11,14,16,20H,3-5,9-10,12-13H2,1-2H3. The smallest absolute Gasteiger partial charge is 0.230 e. The van der Waals surface area contributed by atoms with Gasteiger partial charge in [-0.2, -0.15) is 0 Å². The molecule has 0 saturated carbocycles. The lowest BCUT2D eigenvalue weighted by Gasteiger charge is -2.40. The lowest BCUT2D eigenvalue weighted by Crippen LogP contribution is -2.47. The molecule has 1 amide bonds. The van der Waals surface area contributed by atoms with Crippen LogP contribution < -0.4 is 0 Å². The van der Waals surface area contributed by atoms with E-state index in [1.165, 1.54) is 22.1 Å². The van der Waals surface area contributed by atoms with Crippen LogP contribution in [0.4, 0.5) is 0 Å². The van der Waals surface area contributed by atoms with Crippen LogP contribution in [-0.2, 0) is 11.2 Å². The summed E-state index contributed by atoms with van der Waals surface area (Å²) in [4.78, 5) is 29.8. The Labute approximate surface area is 165 Å². The summed E-state index contributed by atoms with van der Waals surface area (Å²) in [6, 6.07) is 6.50. The highest BCUT2D eigenvalue weighted by molar-refractivity contribution is 6.03. The third-order valence-corrected chi connectivity index (χ3v) is 6.69. The van der Waals surface area contributed by atoms with Crippen LogP contribution in [0.15, 0.2) is 30.5 Å². The van der Waals surface area contributed by atoms with Crippen molar-refractivity contribution in [1.82, 2.24) is 14.4 Å². The number of carbonyl (C=O) groups is 2. The van der Waals surface area contributed by atoms with E-state index in [9.17, 15) is 9.59 Å². The van der Waals surface area contributed by atoms with Crippen molar-refractivity contribution < 1.29 is 9.59 Å². The molecule has 0 spiro atoms. The highest BCUT2D eigenvalue weighted by Gasteiger charge is 2.37. The SMILES string of the molecule is CCC(=O)n1cc2c3c(cccc31)C1=CC(C(=O)N3CCCC3)CN(C)C1C2. The molecule has 146 valence electrons. The predicted octanol–water partition coefficient (Wildman–Crippen LogP) is 3.18. The summed E-state index contributed by atoms with van der Waals surface area (Å²) in [6.45, 7) is 4.46. The quantitative estimate of drug-likeness (QED) is 0.807. The van der Waals surface area contributed by atoms with Crippen LogP contribution in [0.5, 0.6) is 0 Å². The Balaban J connectivity index is 1.61. The van der Waals surface area contributed by atoms with Crippen molar-refractivity contribution in [2.24, 2.45) is 5.92 Å². The van der Waals surface area contributed by atoms with Gasteiger partial charge < -0.3 is 4.90 Å². The van der Waals surface area contributed by atoms with Gasteiger partial charge in [-0.15, -0.1) is 0 Å². The van der Waals surface area contributed by atoms with Crippen molar-refractivity contribution in [3.05, 3.63) is 41.6 Å². The molecule has 3 heterocycles. The van der Waals surface area contributed by atoms with Crippen LogP contribution in [0, 0.1) is 5.92 Å². The van der Waals surface area contributed by atoms with Crippen molar-refractivity contribution in [3.8, 4) is 0 Å². The number of amides is 1. The van der Waals surface area contributed by atoms with Gasteiger partial charge in [0.25, 0.3) is 0 Å². The van der Waals surface area contributed by atoms with E-state index < -0.39 is 0 Å². The average Bonchev–Trinajstić information content (AvgIpc) is 3.37. The fourth-order valence-electron chi connectivity index (χ4n) is 5.26. The number of hydrogen-bond donors (Lipinski definition) is 0. The molecule has 1 aromatic carbocycles. The van der Waals surface area contributed by atoms with Gasteiger partial charge in [-0.05, 0) is 49.1 Å². The number of benzene rings is 1. The molecule has 0 N–H and O–H groups in total. The molecule has 5 rings (SSSR count). The van der Waals surface area contributed by atoms with Crippen LogP contribution in [0.2, 0.25) is 0 Å². The molecule has 1 fully saturated rings. The molecule has 5 nitrogen and oxygen atoms in total. The molecular weight excluding hydrogens is 350 g/mol. The van der Waals surface area contributed by atoms with Crippen LogP contribution >= 0.6 is 0 Å². The molecule has 0 radical (unpaired) electrons. The number of aromatic nitrogens is 1. The van der Waals surface area contributed by atoms with Crippen molar-refractivity contribution in [3.63, 3.8) is 0 Å². The second-order valence-corrected chi connectivity index (χ2v) is 8.39. The van der Waals surface area contributed by atoms with Gasteiger partial charge in [0, 0.05) is 43.7 Å². The van der Waals surface area contributed by atoms with Crippen molar-refractivity contribution in [1.29, 1.82) is 0 Å². The second-order valence-electron chi connectivity index (χ2n) is 8.39. The molecule has 1 aliphatic carbocycles. The first-order chi connectivity index (χ1) is 13.6. The summed E-state index contributed by atoms with van der Waals surface area (Å²) in [7, 11) is 2.13. The van der Waals surface area contributed by atoms with E-state index in [4.69, 9.17) is 0 Å². The maximum Gasteiger partial charge on any atom is 0.230 e. The average molecular weight is 377 g/mol. The Morgan fingerprint density at radius 3 is 2.71 bits per heavy atom. The maximum absolute atomic E-state index is 13.0. The van der Waals surface area contributed by atoms with Gasteiger partial charge in [-0.1, -0.05) is 25.1 Å². The molecule has 3 aliphatic rings. The molecule has 5 heteroatoms. The van der Waals surface area contributed by atoms with E-state index in [1.54, 1.807) is 0 Å². The summed E-state index contributed by atoms with van der Waals surface area (Å²) in [5.74, 6) is 0.320. The zero-order valence-corrected chi connectivity index (χ0v) is 16.6. The molecule has 28 heavy (non-hydrogen) atoms. The lowest BCUT2D eigenvalue weighted by atomic mass is 9.79. The molecule has 2 unspecified atom stereocenters. The third kappa shape index (κ3) is 2.56. The van der Waals surface area contributed by atoms with E-state index >= 15 is 0 Å². The number of nitrogens with zero attached hydrogens (tertiary/aromatic N) is 3. The normalized spacial score (nSPS) is 24.4. The fourth-order valence-corrected chi connectivity index (χ4v) is 5.26. The monoisotopic (exact) mass is 377 g/mol. The highest BCUT2D eigenvalue weighted by Crippen LogP contribution is 2.42. The van der Waals surface area contributed by atoms with E-state index in [0.717, 1.165) is 44.4 Å². The Bertz CT molecular complexity index is 997. The Morgan fingerprint density at radius 2 is 1.96 bits per heavy atom. The van der Waals surface area contributed by atoms with Gasteiger partial charge in [0.2, 0.25) is 11.8 Å². The minimum Gasteiger partial charge on any atom is -0.342 e. The van der Waals surface area contributed by atoms with Crippen LogP contribution in [0.3, 0.4) is 0 Å². The van der Waals surface area contributed by atoms with Crippen molar-refractivity contribution in [2.45, 2.75) is 38.6 Å². The molecule has 2 aromatic rings. The number of likely N-dealkylation sites (tertiary alicyclic amines) is 1. The summed E-state index contributed by atoms with van der Waals surface area (Å²) in [6.07, 6.45) is 7.88. The maximum atomic E-state index is 13.0. The minimum atomic E-state index is -0.0782. The van der Waals surface area contributed by atoms with E-state index in [1.807, 2.05) is 34.7 Å². The number of carbonyl (C=O) groups excluding carboxylic acids is 2. The molecule has 1 saturated heterocycles. The molecule has 2 atom stereocenters. The van der Waals surface area contributed by atoms with Crippen LogP contribution in [0.25, 0.3) is 16.5 Å². The molecule has 0 bridgehead atoms. The van der Waals surface area contributed by atoms with E-state index in [0.29, 0.717) is 6.42 Å². The van der Waals surface area contributed by atoms with Gasteiger partial charge in [0.1, 0.15) is 0 Å². The zero-order chi connectivity index (χ0) is 19.4. The number of likely N-dealkylation sites (N-methyl/N-ethyl adjacent to an activating group) is 1. The number of hydrogen-bond acceptors (Lipinski definition) is 3. The Morgan fingerprint density at radius 1 is 1.18 bits per heavy atom. The topological polar surface area (TPSA) is 45.6 Å². The first kappa shape index (κ1) is 17.7. The van der Waals surface area contributed by atoms with Gasteiger partial charge in [-0.25, -0.2) is 0 Å². The van der Waals surface area contributed by atoms with Gasteiger partial charge in [-0.3, -0.25) is 19.1 Å². The molecular formula is C23H27N3O2. The fraction of sp³-hybridized carbons (Fsp3) is 0.478. The largest absolute Gasteiger partial charge is 0.342 e. The van der Waals surface area contributed by atoms with Crippen LogP contribution in [0.1, 0.15) is 42.1 Å². The zero-order valence-electron chi connectivity index (χ0n) is 16.6. The Kier molecular flexibility index (Phi) is 4.16. The first-order valence-electron chi connectivity index (χ1n) is 10.5. The molecule has 2 aliphatic heterocycles. The summed E-state index contributed by atoms with van der Waals surface area (Å²) >= 11 is 0. The summed E-state index contributed by atoms with van der Waals surface area (Å²) < 4.78 is 1.82. The van der Waals surface area contributed by atoms with Gasteiger partial charge >= 0.3 is 0 Å². The number of rotatable bonds is 2. The predicted molar refractivity (Wildman–Crippen MR) is 110 cm³/mol. The van der Waals surface area contributed by atoms with Crippen molar-refractivity contribution >= 4 is 28.3 Å². The number of fused-ring (bicyclic) bond motifs is 2. The first-order valence-corrected chi connectivity index (χ1v) is 10.5. The second kappa shape index (κ2) is 6.59.